The van der Waals surface area contributed by atoms with E-state index in [9.17, 15) is 9.59 Å². The molecule has 0 atom stereocenters. The fraction of sp³-hybridized carbons (Fsp3) is 0.333. The van der Waals surface area contributed by atoms with Crippen LogP contribution < -0.4 is 14.8 Å². The Morgan fingerprint density at radius 2 is 1.23 bits per heavy atom. The second-order valence-electron chi connectivity index (χ2n) is 9.68. The van der Waals surface area contributed by atoms with Crippen LogP contribution in [0.4, 0.5) is 0 Å². The molecule has 1 fully saturated rings. The Labute approximate surface area is 233 Å². The lowest BCUT2D eigenvalue weighted by Crippen LogP contribution is -2.37. The van der Waals surface area contributed by atoms with Crippen molar-refractivity contribution >= 4 is 11.9 Å². The number of hydrogen-bond donors (Lipinski definition) is 2. The molecular weight excluding hydrogens is 510 g/mol. The highest BCUT2D eigenvalue weighted by Crippen LogP contribution is 2.20. The first-order valence-corrected chi connectivity index (χ1v) is 13.3. The Hall–Kier alpha value is -4.60. The first kappa shape index (κ1) is 28.4. The average Bonchev–Trinajstić information content (AvgIpc) is 3.57. The maximum Gasteiger partial charge on any atom is 0.354 e. The molecule has 210 valence electrons. The van der Waals surface area contributed by atoms with Crippen molar-refractivity contribution in [1.29, 1.82) is 0 Å². The molecule has 2 heterocycles. The first-order chi connectivity index (χ1) is 19.3. The summed E-state index contributed by atoms with van der Waals surface area (Å²) in [7, 11) is 3.21. The molecule has 0 bridgehead atoms. The highest BCUT2D eigenvalue weighted by molar-refractivity contribution is 5.93. The van der Waals surface area contributed by atoms with Crippen LogP contribution in [-0.4, -0.2) is 56.8 Å². The number of amides is 1. The third-order valence-electron chi connectivity index (χ3n) is 6.69. The zero-order valence-corrected chi connectivity index (χ0v) is 23.3. The van der Waals surface area contributed by atoms with Crippen LogP contribution >= 0.6 is 0 Å². The minimum absolute atomic E-state index is 0.0479. The third kappa shape index (κ3) is 6.88. The molecule has 0 unspecified atom stereocenters. The predicted molar refractivity (Wildman–Crippen MR) is 151 cm³/mol. The van der Waals surface area contributed by atoms with Crippen LogP contribution in [0.2, 0.25) is 0 Å². The van der Waals surface area contributed by atoms with Gasteiger partial charge in [0, 0.05) is 6.04 Å². The first-order valence-electron chi connectivity index (χ1n) is 13.3. The van der Waals surface area contributed by atoms with Crippen molar-refractivity contribution in [2.24, 2.45) is 0 Å². The summed E-state index contributed by atoms with van der Waals surface area (Å²) >= 11 is 0. The van der Waals surface area contributed by atoms with Gasteiger partial charge in [0.2, 0.25) is 0 Å². The number of rotatable bonds is 7. The van der Waals surface area contributed by atoms with Gasteiger partial charge in [-0.3, -0.25) is 4.79 Å². The molecule has 4 aromatic rings. The summed E-state index contributed by atoms with van der Waals surface area (Å²) in [6, 6.07) is 18.3. The highest BCUT2D eigenvalue weighted by Gasteiger charge is 2.20. The molecular formula is C30H35N5O5. The topological polar surface area (TPSA) is 121 Å². The molecule has 10 nitrogen and oxygen atoms in total. The van der Waals surface area contributed by atoms with E-state index in [0.717, 1.165) is 35.7 Å². The fourth-order valence-corrected chi connectivity index (χ4v) is 4.66. The number of aromatic nitrogens is 4. The van der Waals surface area contributed by atoms with Gasteiger partial charge in [0.05, 0.1) is 37.0 Å². The van der Waals surface area contributed by atoms with Crippen LogP contribution in [0.3, 0.4) is 0 Å². The Morgan fingerprint density at radius 3 is 1.68 bits per heavy atom. The minimum Gasteiger partial charge on any atom is -0.497 e. The van der Waals surface area contributed by atoms with Gasteiger partial charge < -0.3 is 19.9 Å². The van der Waals surface area contributed by atoms with Gasteiger partial charge in [0.1, 0.15) is 17.2 Å². The number of aromatic carboxylic acids is 1. The van der Waals surface area contributed by atoms with Crippen molar-refractivity contribution in [2.45, 2.75) is 52.0 Å². The van der Waals surface area contributed by atoms with Crippen molar-refractivity contribution in [2.75, 3.05) is 14.2 Å². The van der Waals surface area contributed by atoms with Crippen molar-refractivity contribution in [1.82, 2.24) is 24.9 Å². The number of carbonyl (C=O) groups excluding carboxylic acids is 1. The Morgan fingerprint density at radius 1 is 0.775 bits per heavy atom. The van der Waals surface area contributed by atoms with E-state index in [1.54, 1.807) is 50.1 Å². The lowest BCUT2D eigenvalue weighted by atomic mass is 9.95. The highest BCUT2D eigenvalue weighted by atomic mass is 16.5. The molecule has 1 saturated carbocycles. The SMILES string of the molecule is COc1ccc(-n2nc(C)cc2C(=O)NC2CCCCC2)cc1.COc1ccc(-n2nc(C)cc2C(=O)O)cc1. The van der Waals surface area contributed by atoms with E-state index >= 15 is 0 Å². The van der Waals surface area contributed by atoms with E-state index in [4.69, 9.17) is 14.6 Å². The van der Waals surface area contributed by atoms with Crippen LogP contribution in [0.15, 0.2) is 60.7 Å². The molecule has 2 N–H and O–H groups in total. The summed E-state index contributed by atoms with van der Waals surface area (Å²) in [5.74, 6) is 0.454. The summed E-state index contributed by atoms with van der Waals surface area (Å²) in [4.78, 5) is 23.7. The quantitative estimate of drug-likeness (QED) is 0.330. The number of nitrogens with one attached hydrogen (secondary N) is 1. The number of ether oxygens (including phenoxy) is 2. The number of benzene rings is 2. The molecule has 2 aromatic carbocycles. The van der Waals surface area contributed by atoms with Gasteiger partial charge in [-0.2, -0.15) is 10.2 Å². The normalized spacial score (nSPS) is 13.2. The van der Waals surface area contributed by atoms with Gasteiger partial charge >= 0.3 is 5.97 Å². The number of methoxy groups -OCH3 is 2. The van der Waals surface area contributed by atoms with E-state index in [1.165, 1.54) is 30.0 Å². The van der Waals surface area contributed by atoms with E-state index < -0.39 is 5.97 Å². The summed E-state index contributed by atoms with van der Waals surface area (Å²) in [6.45, 7) is 3.66. The molecule has 0 saturated heterocycles. The molecule has 5 rings (SSSR count). The van der Waals surface area contributed by atoms with Crippen LogP contribution in [0, 0.1) is 13.8 Å². The number of aryl methyl sites for hydroxylation is 2. The molecule has 40 heavy (non-hydrogen) atoms. The second-order valence-corrected chi connectivity index (χ2v) is 9.68. The Kier molecular flexibility index (Phi) is 9.21. The summed E-state index contributed by atoms with van der Waals surface area (Å²) in [5.41, 5.74) is 3.77. The second kappa shape index (κ2) is 13.0. The predicted octanol–water partition coefficient (Wildman–Crippen LogP) is 5.14. The fourth-order valence-electron chi connectivity index (χ4n) is 4.66. The van der Waals surface area contributed by atoms with Crippen molar-refractivity contribution < 1.29 is 24.2 Å². The summed E-state index contributed by atoms with van der Waals surface area (Å²) in [5, 5.41) is 20.8. The van der Waals surface area contributed by atoms with Gasteiger partial charge in [-0.05, 0) is 87.4 Å². The lowest BCUT2D eigenvalue weighted by molar-refractivity contribution is 0.0686. The number of carboxylic acids is 1. The third-order valence-corrected chi connectivity index (χ3v) is 6.69. The lowest BCUT2D eigenvalue weighted by Gasteiger charge is -2.22. The van der Waals surface area contributed by atoms with Crippen LogP contribution in [0.5, 0.6) is 11.5 Å². The summed E-state index contributed by atoms with van der Waals surface area (Å²) < 4.78 is 13.3. The van der Waals surface area contributed by atoms with Crippen molar-refractivity contribution in [3.8, 4) is 22.9 Å². The average molecular weight is 546 g/mol. The zero-order chi connectivity index (χ0) is 28.6. The Balaban J connectivity index is 0.000000194. The van der Waals surface area contributed by atoms with Crippen molar-refractivity contribution in [3.05, 3.63) is 83.4 Å². The van der Waals surface area contributed by atoms with E-state index in [0.29, 0.717) is 17.1 Å². The zero-order valence-electron chi connectivity index (χ0n) is 23.3. The monoisotopic (exact) mass is 545 g/mol. The van der Waals surface area contributed by atoms with Gasteiger partial charge in [0.25, 0.3) is 5.91 Å². The number of carboxylic acid groups (broad SMARTS) is 1. The minimum atomic E-state index is -0.999. The van der Waals surface area contributed by atoms with E-state index in [2.05, 4.69) is 15.5 Å². The number of hydrogen-bond acceptors (Lipinski definition) is 6. The molecule has 10 heteroatoms. The maximum atomic E-state index is 12.6. The number of nitrogens with zero attached hydrogens (tertiary/aromatic N) is 4. The smallest absolute Gasteiger partial charge is 0.354 e. The van der Waals surface area contributed by atoms with Gasteiger partial charge in [-0.25, -0.2) is 14.2 Å². The largest absolute Gasteiger partial charge is 0.497 e. The molecule has 1 aliphatic carbocycles. The maximum absolute atomic E-state index is 12.6. The molecule has 0 radical (unpaired) electrons. The van der Waals surface area contributed by atoms with Gasteiger partial charge in [-0.1, -0.05) is 19.3 Å². The van der Waals surface area contributed by atoms with Crippen LogP contribution in [0.1, 0.15) is 64.5 Å². The van der Waals surface area contributed by atoms with Gasteiger partial charge in [0.15, 0.2) is 5.69 Å². The van der Waals surface area contributed by atoms with Gasteiger partial charge in [-0.15, -0.1) is 0 Å². The molecule has 0 spiro atoms. The van der Waals surface area contributed by atoms with E-state index in [-0.39, 0.29) is 17.6 Å². The standard InChI is InChI=1S/C18H23N3O2.C12H12N2O3/c1-13-12-17(18(22)19-14-6-4-3-5-7-14)21(20-13)15-8-10-16(23-2)11-9-15;1-8-7-11(12(15)16)14(13-8)9-3-5-10(17-2)6-4-9/h8-12,14H,3-7H2,1-2H3,(H,19,22);3-7H,1-2H3,(H,15,16). The summed E-state index contributed by atoms with van der Waals surface area (Å²) in [6.07, 6.45) is 5.81. The van der Waals surface area contributed by atoms with E-state index in [1.807, 2.05) is 37.3 Å². The molecule has 0 aliphatic heterocycles. The molecule has 1 aliphatic rings. The van der Waals surface area contributed by atoms with Crippen molar-refractivity contribution in [3.63, 3.8) is 0 Å². The number of carbonyl (C=O) groups is 2. The van der Waals surface area contributed by atoms with Crippen LogP contribution in [-0.2, 0) is 0 Å². The molecule has 1 amide bonds. The molecule has 2 aromatic heterocycles. The van der Waals surface area contributed by atoms with Crippen LogP contribution in [0.25, 0.3) is 11.4 Å². The Bertz CT molecular complexity index is 1430.